The molecule has 0 N–H and O–H groups in total. The SMILES string of the molecule is [2H]C([2H])(C(C)C)[C@]12C[C@@]3(C[C@H]3F)CN1CCC21CC1. The number of hydrogen-bond acceptors (Lipinski definition) is 1. The third-order valence-corrected chi connectivity index (χ3v) is 5.86. The molecule has 2 heterocycles. The largest absolute Gasteiger partial charge is 0.296 e. The van der Waals surface area contributed by atoms with Crippen LogP contribution in [0.1, 0.15) is 55.1 Å². The smallest absolute Gasteiger partial charge is 0.108 e. The van der Waals surface area contributed by atoms with Crippen LogP contribution in [-0.2, 0) is 0 Å². The van der Waals surface area contributed by atoms with Crippen molar-refractivity contribution >= 4 is 0 Å². The van der Waals surface area contributed by atoms with E-state index in [0.29, 0.717) is 6.42 Å². The summed E-state index contributed by atoms with van der Waals surface area (Å²) in [7, 11) is 0. The molecule has 96 valence electrons. The molecule has 2 spiro atoms. The first-order chi connectivity index (χ1) is 8.80. The van der Waals surface area contributed by atoms with Crippen molar-refractivity contribution in [2.24, 2.45) is 16.7 Å². The van der Waals surface area contributed by atoms with Crippen LogP contribution in [0.4, 0.5) is 4.39 Å². The number of nitrogens with zero attached hydrogens (tertiary/aromatic N) is 1. The summed E-state index contributed by atoms with van der Waals surface area (Å²) in [5.74, 6) is -0.00228. The van der Waals surface area contributed by atoms with Crippen LogP contribution in [0.15, 0.2) is 0 Å². The van der Waals surface area contributed by atoms with Gasteiger partial charge in [0.05, 0.1) is 0 Å². The van der Waals surface area contributed by atoms with Gasteiger partial charge in [-0.1, -0.05) is 13.8 Å². The Bertz CT molecular complexity index is 434. The van der Waals surface area contributed by atoms with Gasteiger partial charge in [0.15, 0.2) is 0 Å². The van der Waals surface area contributed by atoms with Crippen LogP contribution < -0.4 is 0 Å². The van der Waals surface area contributed by atoms with Crippen LogP contribution in [0.3, 0.4) is 0 Å². The molecule has 1 nitrogen and oxygen atoms in total. The zero-order valence-electron chi connectivity index (χ0n) is 12.9. The molecule has 0 unspecified atom stereocenters. The lowest BCUT2D eigenvalue weighted by atomic mass is 9.72. The predicted molar refractivity (Wildman–Crippen MR) is 66.6 cm³/mol. The van der Waals surface area contributed by atoms with E-state index in [1.54, 1.807) is 0 Å². The highest BCUT2D eigenvalue weighted by atomic mass is 19.1. The summed E-state index contributed by atoms with van der Waals surface area (Å²) < 4.78 is 31.4. The summed E-state index contributed by atoms with van der Waals surface area (Å²) in [6.07, 6.45) is 3.01. The first kappa shape index (κ1) is 8.90. The van der Waals surface area contributed by atoms with Gasteiger partial charge in [-0.2, -0.15) is 0 Å². The lowest BCUT2D eigenvalue weighted by Crippen LogP contribution is -2.45. The Kier molecular flexibility index (Phi) is 1.52. The molecule has 2 saturated heterocycles. The monoisotopic (exact) mass is 239 g/mol. The molecule has 17 heavy (non-hydrogen) atoms. The summed E-state index contributed by atoms with van der Waals surface area (Å²) in [4.78, 5) is 2.36. The summed E-state index contributed by atoms with van der Waals surface area (Å²) >= 11 is 0. The van der Waals surface area contributed by atoms with Crippen LogP contribution in [0.2, 0.25) is 0 Å². The Morgan fingerprint density at radius 1 is 1.41 bits per heavy atom. The standard InChI is InChI=1S/C15H24FN/c1-11(2)7-15-9-13(8-12(13)16)10-17(15)6-5-14(15)3-4-14/h11-12H,3-10H2,1-2H3/t12-,13+,15-/m1/s1/i7D2. The number of halogens is 1. The van der Waals surface area contributed by atoms with E-state index in [1.807, 2.05) is 13.8 Å². The normalized spacial score (nSPS) is 53.1. The van der Waals surface area contributed by atoms with Gasteiger partial charge < -0.3 is 0 Å². The van der Waals surface area contributed by atoms with E-state index >= 15 is 0 Å². The van der Waals surface area contributed by atoms with Crippen molar-refractivity contribution in [3.63, 3.8) is 0 Å². The van der Waals surface area contributed by atoms with E-state index in [2.05, 4.69) is 4.90 Å². The minimum absolute atomic E-state index is 0.00228. The summed E-state index contributed by atoms with van der Waals surface area (Å²) in [5, 5.41) is 0. The van der Waals surface area contributed by atoms with Crippen molar-refractivity contribution in [3.05, 3.63) is 0 Å². The lowest BCUT2D eigenvalue weighted by molar-refractivity contribution is 0.107. The molecule has 0 aromatic rings. The number of rotatable bonds is 2. The van der Waals surface area contributed by atoms with E-state index in [0.717, 1.165) is 38.8 Å². The van der Waals surface area contributed by atoms with Gasteiger partial charge in [-0.15, -0.1) is 0 Å². The van der Waals surface area contributed by atoms with E-state index in [1.165, 1.54) is 0 Å². The van der Waals surface area contributed by atoms with Gasteiger partial charge in [0, 0.05) is 20.2 Å². The highest BCUT2D eigenvalue weighted by Crippen LogP contribution is 2.73. The summed E-state index contributed by atoms with van der Waals surface area (Å²) in [5.41, 5.74) is -0.375. The fourth-order valence-corrected chi connectivity index (χ4v) is 4.77. The first-order valence-electron chi connectivity index (χ1n) is 8.19. The molecule has 4 aliphatic rings. The average Bonchev–Trinajstić information content (AvgIpc) is 3.14. The zero-order valence-corrected chi connectivity index (χ0v) is 10.9. The van der Waals surface area contributed by atoms with Gasteiger partial charge >= 0.3 is 0 Å². The van der Waals surface area contributed by atoms with Gasteiger partial charge in [0.2, 0.25) is 0 Å². The van der Waals surface area contributed by atoms with E-state index in [-0.39, 0.29) is 22.3 Å². The second-order valence-electron chi connectivity index (χ2n) is 7.32. The molecular weight excluding hydrogens is 213 g/mol. The zero-order chi connectivity index (χ0) is 13.7. The Labute approximate surface area is 107 Å². The molecule has 2 aliphatic carbocycles. The molecule has 0 aromatic heterocycles. The molecular formula is C15H24FN. The van der Waals surface area contributed by atoms with E-state index < -0.39 is 12.5 Å². The molecule has 0 aromatic carbocycles. The molecule has 2 heteroatoms. The number of alkyl halides is 1. The van der Waals surface area contributed by atoms with Crippen LogP contribution in [0.5, 0.6) is 0 Å². The molecule has 0 bridgehead atoms. The van der Waals surface area contributed by atoms with Crippen molar-refractivity contribution in [2.45, 2.75) is 64.0 Å². The minimum atomic E-state index is -1.20. The molecule has 2 aliphatic heterocycles. The maximum absolute atomic E-state index is 13.9. The number of hydrogen-bond donors (Lipinski definition) is 0. The lowest BCUT2D eigenvalue weighted by Gasteiger charge is -2.39. The Balaban J connectivity index is 1.80. The van der Waals surface area contributed by atoms with Crippen molar-refractivity contribution in [1.82, 2.24) is 4.90 Å². The topological polar surface area (TPSA) is 3.24 Å². The Morgan fingerprint density at radius 2 is 2.12 bits per heavy atom. The molecule has 0 radical (unpaired) electrons. The molecule has 0 amide bonds. The average molecular weight is 239 g/mol. The van der Waals surface area contributed by atoms with Crippen molar-refractivity contribution < 1.29 is 7.13 Å². The number of fused-ring (bicyclic) bond motifs is 2. The predicted octanol–water partition coefficient (Wildman–Crippen LogP) is 3.39. The maximum Gasteiger partial charge on any atom is 0.108 e. The highest BCUT2D eigenvalue weighted by Gasteiger charge is 2.74. The van der Waals surface area contributed by atoms with Crippen molar-refractivity contribution in [2.75, 3.05) is 13.1 Å². The minimum Gasteiger partial charge on any atom is -0.296 e. The van der Waals surface area contributed by atoms with Crippen LogP contribution >= 0.6 is 0 Å². The fourth-order valence-electron chi connectivity index (χ4n) is 4.77. The fraction of sp³-hybridized carbons (Fsp3) is 1.00. The van der Waals surface area contributed by atoms with E-state index in [4.69, 9.17) is 2.74 Å². The van der Waals surface area contributed by atoms with Crippen molar-refractivity contribution in [1.29, 1.82) is 0 Å². The van der Waals surface area contributed by atoms with Gasteiger partial charge in [0.1, 0.15) is 6.17 Å². The maximum atomic E-state index is 13.9. The third kappa shape index (κ3) is 1.18. The Hall–Kier alpha value is -0.110. The first-order valence-corrected chi connectivity index (χ1v) is 7.19. The molecule has 4 rings (SSSR count). The van der Waals surface area contributed by atoms with Crippen LogP contribution in [0, 0.1) is 16.7 Å². The third-order valence-electron chi connectivity index (χ3n) is 5.86. The highest BCUT2D eigenvalue weighted by molar-refractivity contribution is 5.27. The van der Waals surface area contributed by atoms with Crippen LogP contribution in [0.25, 0.3) is 0 Å². The molecule has 2 saturated carbocycles. The van der Waals surface area contributed by atoms with Gasteiger partial charge in [-0.3, -0.25) is 4.90 Å². The van der Waals surface area contributed by atoms with Crippen LogP contribution in [-0.4, -0.2) is 29.7 Å². The summed E-state index contributed by atoms with van der Waals surface area (Å²) in [6.45, 7) is 5.78. The van der Waals surface area contributed by atoms with Gasteiger partial charge in [0.25, 0.3) is 0 Å². The second-order valence-corrected chi connectivity index (χ2v) is 7.32. The van der Waals surface area contributed by atoms with Gasteiger partial charge in [-0.25, -0.2) is 4.39 Å². The van der Waals surface area contributed by atoms with Crippen molar-refractivity contribution in [3.8, 4) is 0 Å². The second kappa shape index (κ2) is 2.89. The Morgan fingerprint density at radius 3 is 2.65 bits per heavy atom. The van der Waals surface area contributed by atoms with Gasteiger partial charge in [-0.05, 0) is 56.4 Å². The summed E-state index contributed by atoms with van der Waals surface area (Å²) in [6, 6.07) is 0. The molecule has 4 fully saturated rings. The molecule has 3 atom stereocenters. The quantitative estimate of drug-likeness (QED) is 0.714. The van der Waals surface area contributed by atoms with E-state index in [9.17, 15) is 4.39 Å².